The Balaban J connectivity index is 1.58. The zero-order chi connectivity index (χ0) is 19.3. The molecule has 3 aromatic rings. The lowest BCUT2D eigenvalue weighted by Crippen LogP contribution is -2.23. The Morgan fingerprint density at radius 3 is 2.52 bits per heavy atom. The van der Waals surface area contributed by atoms with Gasteiger partial charge in [-0.15, -0.1) is 0 Å². The molecule has 1 aromatic heterocycles. The molecule has 140 valence electrons. The molecule has 1 N–H and O–H groups in total. The van der Waals surface area contributed by atoms with Crippen molar-refractivity contribution in [3.8, 4) is 0 Å². The molecule has 5 nitrogen and oxygen atoms in total. The number of nitrogens with zero attached hydrogens (tertiary/aromatic N) is 2. The normalized spacial score (nSPS) is 11.2. The second kappa shape index (κ2) is 8.08. The summed E-state index contributed by atoms with van der Waals surface area (Å²) >= 11 is 0. The van der Waals surface area contributed by atoms with E-state index in [4.69, 9.17) is 4.74 Å². The van der Waals surface area contributed by atoms with Gasteiger partial charge in [-0.3, -0.25) is 4.68 Å². The Bertz CT molecular complexity index is 879. The molecule has 0 aliphatic heterocycles. The highest BCUT2D eigenvalue weighted by Gasteiger charge is 2.17. The molecule has 0 saturated heterocycles. The second-order valence-electron chi connectivity index (χ2n) is 7.46. The number of carbonyl (C=O) groups is 1. The van der Waals surface area contributed by atoms with E-state index in [0.717, 1.165) is 17.8 Å². The predicted molar refractivity (Wildman–Crippen MR) is 107 cm³/mol. The molecule has 5 heteroatoms. The fourth-order valence-corrected chi connectivity index (χ4v) is 2.66. The number of hydrogen-bond acceptors (Lipinski definition) is 4. The van der Waals surface area contributed by atoms with Crippen molar-refractivity contribution in [2.75, 3.05) is 5.32 Å². The Kier molecular flexibility index (Phi) is 5.60. The number of aromatic nitrogens is 2. The number of carbonyl (C=O) groups excluding carboxylic acids is 1. The van der Waals surface area contributed by atoms with E-state index in [9.17, 15) is 4.79 Å². The van der Waals surface area contributed by atoms with Crippen LogP contribution < -0.4 is 5.32 Å². The van der Waals surface area contributed by atoms with Gasteiger partial charge in [-0.1, -0.05) is 24.3 Å². The van der Waals surface area contributed by atoms with Gasteiger partial charge in [-0.2, -0.15) is 5.10 Å². The lowest BCUT2D eigenvalue weighted by molar-refractivity contribution is 0.00695. The van der Waals surface area contributed by atoms with Crippen LogP contribution in [0.25, 0.3) is 0 Å². The first-order valence-electron chi connectivity index (χ1n) is 9.02. The summed E-state index contributed by atoms with van der Waals surface area (Å²) in [4.78, 5) is 12.1. The number of hydrogen-bond donors (Lipinski definition) is 1. The molecule has 0 amide bonds. The summed E-state index contributed by atoms with van der Waals surface area (Å²) in [5, 5.41) is 7.66. The van der Waals surface area contributed by atoms with E-state index in [1.54, 1.807) is 18.3 Å². The van der Waals surface area contributed by atoms with E-state index in [-0.39, 0.29) is 5.97 Å². The average molecular weight is 363 g/mol. The van der Waals surface area contributed by atoms with Gasteiger partial charge in [0.2, 0.25) is 0 Å². The van der Waals surface area contributed by atoms with Crippen molar-refractivity contribution in [3.05, 3.63) is 83.7 Å². The number of nitrogens with one attached hydrogen (secondary N) is 1. The third kappa shape index (κ3) is 5.71. The van der Waals surface area contributed by atoms with Gasteiger partial charge in [0.05, 0.1) is 12.1 Å². The van der Waals surface area contributed by atoms with Crippen LogP contribution in [0, 0.1) is 0 Å². The first-order valence-corrected chi connectivity index (χ1v) is 9.02. The highest BCUT2D eigenvalue weighted by molar-refractivity contribution is 5.89. The molecule has 0 aliphatic carbocycles. The summed E-state index contributed by atoms with van der Waals surface area (Å²) in [5.74, 6) is -0.298. The molecule has 0 bridgehead atoms. The summed E-state index contributed by atoms with van der Waals surface area (Å²) < 4.78 is 7.28. The highest BCUT2D eigenvalue weighted by Crippen LogP contribution is 2.15. The molecule has 0 spiro atoms. The summed E-state index contributed by atoms with van der Waals surface area (Å²) in [6.45, 7) is 7.02. The quantitative estimate of drug-likeness (QED) is 0.655. The second-order valence-corrected chi connectivity index (χ2v) is 7.46. The molecule has 0 aliphatic rings. The Labute approximate surface area is 160 Å². The van der Waals surface area contributed by atoms with E-state index < -0.39 is 5.60 Å². The molecular formula is C22H25N3O2. The molecule has 1 heterocycles. The van der Waals surface area contributed by atoms with E-state index >= 15 is 0 Å². The largest absolute Gasteiger partial charge is 0.456 e. The van der Waals surface area contributed by atoms with Crippen LogP contribution in [0.3, 0.4) is 0 Å². The lowest BCUT2D eigenvalue weighted by atomic mass is 10.1. The van der Waals surface area contributed by atoms with Gasteiger partial charge in [0.25, 0.3) is 0 Å². The van der Waals surface area contributed by atoms with Crippen molar-refractivity contribution >= 4 is 11.7 Å². The third-order valence-electron chi connectivity index (χ3n) is 3.92. The van der Waals surface area contributed by atoms with Crippen LogP contribution >= 0.6 is 0 Å². The fraction of sp³-hybridized carbons (Fsp3) is 0.273. The van der Waals surface area contributed by atoms with E-state index in [1.165, 1.54) is 5.56 Å². The Hall–Kier alpha value is -3.08. The summed E-state index contributed by atoms with van der Waals surface area (Å²) in [5.41, 5.74) is 3.41. The minimum atomic E-state index is -0.488. The SMILES string of the molecule is CC(C)(C)OC(=O)c1ccc(CNc2cccc(Cn3cccn3)c2)cc1. The van der Waals surface area contributed by atoms with Crippen LogP contribution in [0.2, 0.25) is 0 Å². The van der Waals surface area contributed by atoms with Gasteiger partial charge in [0.1, 0.15) is 5.60 Å². The van der Waals surface area contributed by atoms with Gasteiger partial charge in [-0.05, 0) is 62.2 Å². The van der Waals surface area contributed by atoms with Crippen LogP contribution in [0.5, 0.6) is 0 Å². The van der Waals surface area contributed by atoms with Crippen molar-refractivity contribution in [2.24, 2.45) is 0 Å². The molecule has 0 radical (unpaired) electrons. The Morgan fingerprint density at radius 2 is 1.85 bits per heavy atom. The average Bonchev–Trinajstić information content (AvgIpc) is 3.12. The molecule has 0 fully saturated rings. The smallest absolute Gasteiger partial charge is 0.338 e. The van der Waals surface area contributed by atoms with Crippen LogP contribution in [-0.2, 0) is 17.8 Å². The lowest BCUT2D eigenvalue weighted by Gasteiger charge is -2.19. The zero-order valence-corrected chi connectivity index (χ0v) is 16.0. The monoisotopic (exact) mass is 363 g/mol. The van der Waals surface area contributed by atoms with Crippen LogP contribution in [-0.4, -0.2) is 21.4 Å². The summed E-state index contributed by atoms with van der Waals surface area (Å²) in [6.07, 6.45) is 3.73. The van der Waals surface area contributed by atoms with E-state index in [2.05, 4.69) is 22.5 Å². The van der Waals surface area contributed by atoms with Gasteiger partial charge in [-0.25, -0.2) is 4.79 Å². The van der Waals surface area contributed by atoms with Crippen molar-refractivity contribution < 1.29 is 9.53 Å². The highest BCUT2D eigenvalue weighted by atomic mass is 16.6. The fourth-order valence-electron chi connectivity index (χ4n) is 2.66. The number of benzene rings is 2. The molecular weight excluding hydrogens is 338 g/mol. The van der Waals surface area contributed by atoms with Crippen molar-refractivity contribution in [1.29, 1.82) is 0 Å². The first-order chi connectivity index (χ1) is 12.9. The molecule has 0 atom stereocenters. The molecule has 2 aromatic carbocycles. The zero-order valence-electron chi connectivity index (χ0n) is 16.0. The van der Waals surface area contributed by atoms with Gasteiger partial charge < -0.3 is 10.1 Å². The number of rotatable bonds is 6. The minimum absolute atomic E-state index is 0.298. The summed E-state index contributed by atoms with van der Waals surface area (Å²) in [7, 11) is 0. The molecule has 0 saturated carbocycles. The number of esters is 1. The predicted octanol–water partition coefficient (Wildman–Crippen LogP) is 4.50. The number of ether oxygens (including phenoxy) is 1. The van der Waals surface area contributed by atoms with Crippen LogP contribution in [0.1, 0.15) is 42.3 Å². The number of anilines is 1. The van der Waals surface area contributed by atoms with Crippen molar-refractivity contribution in [1.82, 2.24) is 9.78 Å². The van der Waals surface area contributed by atoms with E-state index in [1.807, 2.05) is 62.0 Å². The van der Waals surface area contributed by atoms with Gasteiger partial charge in [0, 0.05) is 24.6 Å². The van der Waals surface area contributed by atoms with Crippen molar-refractivity contribution in [2.45, 2.75) is 39.5 Å². The van der Waals surface area contributed by atoms with E-state index in [0.29, 0.717) is 12.1 Å². The maximum atomic E-state index is 12.1. The topological polar surface area (TPSA) is 56.1 Å². The molecule has 3 rings (SSSR count). The summed E-state index contributed by atoms with van der Waals surface area (Å²) in [6, 6.07) is 17.7. The maximum Gasteiger partial charge on any atom is 0.338 e. The molecule has 27 heavy (non-hydrogen) atoms. The van der Waals surface area contributed by atoms with Gasteiger partial charge in [0.15, 0.2) is 0 Å². The van der Waals surface area contributed by atoms with Gasteiger partial charge >= 0.3 is 5.97 Å². The standard InChI is InChI=1S/C22H25N3O2/c1-22(2,3)27-21(26)19-10-8-17(9-11-19)15-23-20-7-4-6-18(14-20)16-25-13-5-12-24-25/h4-14,23H,15-16H2,1-3H3. The van der Waals surface area contributed by atoms with Crippen LogP contribution in [0.4, 0.5) is 5.69 Å². The molecule has 0 unspecified atom stereocenters. The third-order valence-corrected chi connectivity index (χ3v) is 3.92. The maximum absolute atomic E-state index is 12.1. The van der Waals surface area contributed by atoms with Crippen LogP contribution in [0.15, 0.2) is 67.0 Å². The van der Waals surface area contributed by atoms with Crippen molar-refractivity contribution in [3.63, 3.8) is 0 Å². The minimum Gasteiger partial charge on any atom is -0.456 e. The first kappa shape index (κ1) is 18.7. The Morgan fingerprint density at radius 1 is 1.07 bits per heavy atom.